The van der Waals surface area contributed by atoms with E-state index in [0.29, 0.717) is 45.8 Å². The third kappa shape index (κ3) is 6.14. The lowest BCUT2D eigenvalue weighted by molar-refractivity contribution is -0.112. The van der Waals surface area contributed by atoms with Gasteiger partial charge in [-0.2, -0.15) is 0 Å². The number of hydrogen-bond acceptors (Lipinski definition) is 7. The third-order valence-corrected chi connectivity index (χ3v) is 4.74. The molecule has 1 heterocycles. The molecule has 168 valence electrons. The second-order valence-electron chi connectivity index (χ2n) is 6.95. The summed E-state index contributed by atoms with van der Waals surface area (Å²) in [7, 11) is 5.20. The molecule has 0 radical (unpaired) electrons. The average molecular weight is 504 g/mol. The van der Waals surface area contributed by atoms with Crippen LogP contribution in [0.5, 0.6) is 5.75 Å². The van der Waals surface area contributed by atoms with Crippen LogP contribution in [0.4, 0.5) is 21.6 Å². The van der Waals surface area contributed by atoms with Crippen LogP contribution in [0, 0.1) is 5.82 Å². The number of nitrogens with zero attached hydrogens (tertiary/aromatic N) is 3. The van der Waals surface area contributed by atoms with Crippen LogP contribution in [0.2, 0.25) is 0 Å². The summed E-state index contributed by atoms with van der Waals surface area (Å²) in [4.78, 5) is 22.7. The Bertz CT molecular complexity index is 1140. The molecule has 0 unspecified atom stereocenters. The molecule has 0 aliphatic heterocycles. The maximum atomic E-state index is 14.3. The van der Waals surface area contributed by atoms with Gasteiger partial charge in [-0.05, 0) is 24.3 Å². The Morgan fingerprint density at radius 1 is 1.19 bits per heavy atom. The third-order valence-electron chi connectivity index (χ3n) is 4.25. The van der Waals surface area contributed by atoms with Crippen LogP contribution >= 0.6 is 15.9 Å². The van der Waals surface area contributed by atoms with Crippen LogP contribution in [-0.2, 0) is 9.53 Å². The number of anilines is 3. The summed E-state index contributed by atoms with van der Waals surface area (Å²) in [6, 6.07) is 8.07. The summed E-state index contributed by atoms with van der Waals surface area (Å²) < 4.78 is 25.8. The van der Waals surface area contributed by atoms with E-state index in [1.165, 1.54) is 18.5 Å². The SMILES string of the molecule is COCCOc1cc2ncnc(Nc3ccc(Br)cc3F)c2cc1NC(=O)/C=C/N(C)C. The largest absolute Gasteiger partial charge is 0.489 e. The van der Waals surface area contributed by atoms with Crippen molar-refractivity contribution in [1.29, 1.82) is 0 Å². The maximum absolute atomic E-state index is 14.3. The Labute approximate surface area is 193 Å². The molecule has 0 saturated heterocycles. The first-order chi connectivity index (χ1) is 15.4. The molecule has 10 heteroatoms. The minimum Gasteiger partial charge on any atom is -0.489 e. The van der Waals surface area contributed by atoms with Crippen molar-refractivity contribution in [2.45, 2.75) is 0 Å². The van der Waals surface area contributed by atoms with Crippen molar-refractivity contribution in [3.63, 3.8) is 0 Å². The lowest BCUT2D eigenvalue weighted by atomic mass is 10.1. The zero-order valence-corrected chi connectivity index (χ0v) is 19.4. The number of carbonyl (C=O) groups excluding carboxylic acids is 1. The van der Waals surface area contributed by atoms with Crippen LogP contribution in [0.1, 0.15) is 0 Å². The van der Waals surface area contributed by atoms with Gasteiger partial charge in [0, 0.05) is 49.4 Å². The van der Waals surface area contributed by atoms with Gasteiger partial charge in [0.25, 0.3) is 0 Å². The summed E-state index contributed by atoms with van der Waals surface area (Å²) in [5.41, 5.74) is 1.25. The number of carbonyl (C=O) groups is 1. The normalized spacial score (nSPS) is 11.0. The highest BCUT2D eigenvalue weighted by Crippen LogP contribution is 2.34. The molecule has 3 aromatic rings. The van der Waals surface area contributed by atoms with E-state index in [9.17, 15) is 9.18 Å². The van der Waals surface area contributed by atoms with Gasteiger partial charge in [-0.3, -0.25) is 4.79 Å². The second-order valence-corrected chi connectivity index (χ2v) is 7.86. The number of hydrogen-bond donors (Lipinski definition) is 2. The molecule has 32 heavy (non-hydrogen) atoms. The van der Waals surface area contributed by atoms with Gasteiger partial charge in [-0.15, -0.1) is 0 Å². The molecule has 1 amide bonds. The zero-order valence-electron chi connectivity index (χ0n) is 17.9. The van der Waals surface area contributed by atoms with Crippen molar-refractivity contribution in [2.24, 2.45) is 0 Å². The number of nitrogens with one attached hydrogen (secondary N) is 2. The standard InChI is InChI=1S/C22H23BrFN5O3/c1-29(2)7-6-21(30)27-19-11-15-18(12-20(19)32-9-8-31-3)25-13-26-22(15)28-17-5-4-14(23)10-16(17)24/h4-7,10-13H,8-9H2,1-3H3,(H,27,30)(H,25,26,28)/b7-6+. The number of fused-ring (bicyclic) bond motifs is 1. The Morgan fingerprint density at radius 2 is 2.00 bits per heavy atom. The number of rotatable bonds is 9. The van der Waals surface area contributed by atoms with Crippen molar-refractivity contribution in [2.75, 3.05) is 45.1 Å². The van der Waals surface area contributed by atoms with E-state index in [1.807, 2.05) is 14.1 Å². The van der Waals surface area contributed by atoms with Crippen LogP contribution in [0.15, 0.2) is 53.4 Å². The van der Waals surface area contributed by atoms with E-state index >= 15 is 0 Å². The molecule has 3 rings (SSSR count). The molecule has 0 aliphatic rings. The zero-order chi connectivity index (χ0) is 23.1. The van der Waals surface area contributed by atoms with Gasteiger partial charge in [0.1, 0.15) is 30.3 Å². The van der Waals surface area contributed by atoms with E-state index in [4.69, 9.17) is 9.47 Å². The van der Waals surface area contributed by atoms with Crippen LogP contribution in [0.25, 0.3) is 10.9 Å². The number of halogens is 2. The Hall–Kier alpha value is -3.24. The van der Waals surface area contributed by atoms with E-state index in [0.717, 1.165) is 0 Å². The van der Waals surface area contributed by atoms with Crippen molar-refractivity contribution in [1.82, 2.24) is 14.9 Å². The van der Waals surface area contributed by atoms with Crippen molar-refractivity contribution in [3.05, 3.63) is 59.2 Å². The van der Waals surface area contributed by atoms with Crippen molar-refractivity contribution < 1.29 is 18.7 Å². The summed E-state index contributed by atoms with van der Waals surface area (Å²) in [6.07, 6.45) is 4.41. The van der Waals surface area contributed by atoms with Gasteiger partial charge >= 0.3 is 0 Å². The first-order valence-electron chi connectivity index (χ1n) is 9.65. The fourth-order valence-corrected chi connectivity index (χ4v) is 3.08. The number of methoxy groups -OCH3 is 1. The van der Waals surface area contributed by atoms with Gasteiger partial charge < -0.3 is 25.0 Å². The average Bonchev–Trinajstić information content (AvgIpc) is 2.75. The molecule has 8 nitrogen and oxygen atoms in total. The molecular weight excluding hydrogens is 481 g/mol. The van der Waals surface area contributed by atoms with Gasteiger partial charge in [0.2, 0.25) is 5.91 Å². The summed E-state index contributed by atoms with van der Waals surface area (Å²) >= 11 is 3.24. The lowest BCUT2D eigenvalue weighted by Crippen LogP contribution is -2.13. The summed E-state index contributed by atoms with van der Waals surface area (Å²) in [5.74, 6) is 0.0487. The van der Waals surface area contributed by atoms with Crippen molar-refractivity contribution >= 4 is 49.9 Å². The van der Waals surface area contributed by atoms with E-state index < -0.39 is 5.82 Å². The molecule has 0 atom stereocenters. The molecule has 0 fully saturated rings. The smallest absolute Gasteiger partial charge is 0.249 e. The quantitative estimate of drug-likeness (QED) is 0.332. The van der Waals surface area contributed by atoms with E-state index in [-0.39, 0.29) is 11.6 Å². The van der Waals surface area contributed by atoms with Gasteiger partial charge in [-0.25, -0.2) is 14.4 Å². The van der Waals surface area contributed by atoms with Crippen LogP contribution in [-0.4, -0.2) is 55.2 Å². The Morgan fingerprint density at radius 3 is 2.72 bits per heavy atom. The molecule has 0 bridgehead atoms. The predicted molar refractivity (Wildman–Crippen MR) is 126 cm³/mol. The number of ether oxygens (including phenoxy) is 2. The molecule has 0 saturated carbocycles. The Balaban J connectivity index is 2.00. The monoisotopic (exact) mass is 503 g/mol. The minimum atomic E-state index is -0.437. The minimum absolute atomic E-state index is 0.258. The van der Waals surface area contributed by atoms with Gasteiger partial charge in [-0.1, -0.05) is 15.9 Å². The first kappa shape index (κ1) is 23.4. The highest BCUT2D eigenvalue weighted by atomic mass is 79.9. The van der Waals surface area contributed by atoms with Crippen LogP contribution in [0.3, 0.4) is 0 Å². The highest BCUT2D eigenvalue weighted by Gasteiger charge is 2.14. The Kier molecular flexibility index (Phi) is 7.96. The number of benzene rings is 2. The maximum Gasteiger partial charge on any atom is 0.249 e. The number of amides is 1. The first-order valence-corrected chi connectivity index (χ1v) is 10.4. The molecular formula is C22H23BrFN5O3. The highest BCUT2D eigenvalue weighted by molar-refractivity contribution is 9.10. The fraction of sp³-hybridized carbons (Fsp3) is 0.227. The summed E-state index contributed by atoms with van der Waals surface area (Å²) in [6.45, 7) is 0.671. The second kappa shape index (κ2) is 10.9. The summed E-state index contributed by atoms with van der Waals surface area (Å²) in [5, 5.41) is 6.39. The fourth-order valence-electron chi connectivity index (χ4n) is 2.75. The molecule has 0 spiro atoms. The van der Waals surface area contributed by atoms with Gasteiger partial charge in [0.05, 0.1) is 23.5 Å². The van der Waals surface area contributed by atoms with Gasteiger partial charge in [0.15, 0.2) is 0 Å². The van der Waals surface area contributed by atoms with E-state index in [2.05, 4.69) is 36.5 Å². The lowest BCUT2D eigenvalue weighted by Gasteiger charge is -2.15. The van der Waals surface area contributed by atoms with Crippen molar-refractivity contribution in [3.8, 4) is 5.75 Å². The molecule has 1 aromatic heterocycles. The molecule has 2 aromatic carbocycles. The number of aromatic nitrogens is 2. The predicted octanol–water partition coefficient (Wildman–Crippen LogP) is 4.31. The van der Waals surface area contributed by atoms with E-state index in [1.54, 1.807) is 42.5 Å². The van der Waals surface area contributed by atoms with Crippen LogP contribution < -0.4 is 15.4 Å². The molecule has 2 N–H and O–H groups in total. The topological polar surface area (TPSA) is 88.6 Å². The molecule has 0 aliphatic carbocycles.